The SMILES string of the molecule is NC1SCC2C1=C(O)c1ccc(Cl)cc12. The average molecular weight is 240 g/mol. The van der Waals surface area contributed by atoms with Crippen LogP contribution >= 0.6 is 23.4 Å². The second-order valence-corrected chi connectivity index (χ2v) is 5.45. The van der Waals surface area contributed by atoms with E-state index in [2.05, 4.69) is 0 Å². The van der Waals surface area contributed by atoms with Gasteiger partial charge in [0.15, 0.2) is 0 Å². The largest absolute Gasteiger partial charge is 0.507 e. The topological polar surface area (TPSA) is 46.2 Å². The lowest BCUT2D eigenvalue weighted by Gasteiger charge is -2.06. The van der Waals surface area contributed by atoms with Crippen LogP contribution in [0.2, 0.25) is 5.02 Å². The van der Waals surface area contributed by atoms with Crippen LogP contribution in [0.15, 0.2) is 23.8 Å². The predicted octanol–water partition coefficient (Wildman–Crippen LogP) is 2.74. The van der Waals surface area contributed by atoms with Gasteiger partial charge in [-0.05, 0) is 23.8 Å². The molecule has 15 heavy (non-hydrogen) atoms. The van der Waals surface area contributed by atoms with Gasteiger partial charge >= 0.3 is 0 Å². The van der Waals surface area contributed by atoms with Crippen LogP contribution in [0.3, 0.4) is 0 Å². The third-order valence-corrected chi connectivity index (χ3v) is 4.42. The molecule has 1 aliphatic heterocycles. The van der Waals surface area contributed by atoms with Gasteiger partial charge in [-0.1, -0.05) is 11.6 Å². The van der Waals surface area contributed by atoms with Crippen LogP contribution in [0.1, 0.15) is 17.0 Å². The second-order valence-electron chi connectivity index (χ2n) is 3.84. The minimum Gasteiger partial charge on any atom is -0.507 e. The van der Waals surface area contributed by atoms with Gasteiger partial charge in [0.25, 0.3) is 0 Å². The molecule has 1 fully saturated rings. The van der Waals surface area contributed by atoms with Crippen LogP contribution < -0.4 is 5.73 Å². The summed E-state index contributed by atoms with van der Waals surface area (Å²) in [6.45, 7) is 0. The number of hydrogen-bond acceptors (Lipinski definition) is 3. The third-order valence-electron chi connectivity index (χ3n) is 3.04. The normalized spacial score (nSPS) is 28.1. The van der Waals surface area contributed by atoms with Gasteiger partial charge in [0.05, 0.1) is 5.37 Å². The average Bonchev–Trinajstić information content (AvgIpc) is 2.70. The maximum Gasteiger partial charge on any atom is 0.125 e. The zero-order valence-electron chi connectivity index (χ0n) is 7.90. The van der Waals surface area contributed by atoms with E-state index >= 15 is 0 Å². The van der Waals surface area contributed by atoms with Gasteiger partial charge in [0.2, 0.25) is 0 Å². The van der Waals surface area contributed by atoms with E-state index in [9.17, 15) is 5.11 Å². The molecule has 0 bridgehead atoms. The van der Waals surface area contributed by atoms with Crippen molar-refractivity contribution in [3.63, 3.8) is 0 Å². The Labute approximate surface area is 97.1 Å². The van der Waals surface area contributed by atoms with E-state index < -0.39 is 0 Å². The molecular weight excluding hydrogens is 230 g/mol. The molecule has 0 amide bonds. The molecule has 0 spiro atoms. The van der Waals surface area contributed by atoms with Gasteiger partial charge in [-0.3, -0.25) is 0 Å². The van der Waals surface area contributed by atoms with E-state index in [0.717, 1.165) is 22.5 Å². The van der Waals surface area contributed by atoms with Crippen molar-refractivity contribution in [2.45, 2.75) is 11.3 Å². The van der Waals surface area contributed by atoms with Gasteiger partial charge in [-0.15, -0.1) is 11.8 Å². The first-order valence-corrected chi connectivity index (χ1v) is 6.21. The third kappa shape index (κ3) is 1.24. The summed E-state index contributed by atoms with van der Waals surface area (Å²) < 4.78 is 0. The molecule has 1 aliphatic carbocycles. The Balaban J connectivity index is 2.20. The number of halogens is 1. The van der Waals surface area contributed by atoms with Crippen molar-refractivity contribution in [1.29, 1.82) is 0 Å². The number of benzene rings is 1. The standard InChI is InChI=1S/C11H10ClNOS/c12-5-1-2-6-7(3-5)8-4-15-11(13)9(8)10(6)14/h1-3,8,11,14H,4,13H2. The van der Waals surface area contributed by atoms with Crippen LogP contribution in [-0.4, -0.2) is 16.2 Å². The Morgan fingerprint density at radius 1 is 1.47 bits per heavy atom. The van der Waals surface area contributed by atoms with Crippen LogP contribution in [0.25, 0.3) is 5.76 Å². The number of thioether (sulfide) groups is 1. The van der Waals surface area contributed by atoms with E-state index in [1.165, 1.54) is 0 Å². The summed E-state index contributed by atoms with van der Waals surface area (Å²) in [7, 11) is 0. The van der Waals surface area contributed by atoms with Crippen LogP contribution in [0.4, 0.5) is 0 Å². The molecular formula is C11H10ClNOS. The van der Waals surface area contributed by atoms with Crippen molar-refractivity contribution >= 4 is 29.1 Å². The van der Waals surface area contributed by atoms with E-state index in [-0.39, 0.29) is 11.3 Å². The maximum absolute atomic E-state index is 10.1. The molecule has 0 aromatic heterocycles. The van der Waals surface area contributed by atoms with Crippen LogP contribution in [-0.2, 0) is 0 Å². The summed E-state index contributed by atoms with van der Waals surface area (Å²) in [6, 6.07) is 5.61. The second kappa shape index (κ2) is 3.17. The first kappa shape index (κ1) is 9.58. The summed E-state index contributed by atoms with van der Waals surface area (Å²) in [5.41, 5.74) is 8.93. The summed E-state index contributed by atoms with van der Waals surface area (Å²) in [4.78, 5) is 0. The monoisotopic (exact) mass is 239 g/mol. The highest BCUT2D eigenvalue weighted by molar-refractivity contribution is 8.00. The van der Waals surface area contributed by atoms with Crippen molar-refractivity contribution in [2.24, 2.45) is 5.73 Å². The zero-order chi connectivity index (χ0) is 10.6. The van der Waals surface area contributed by atoms with Crippen molar-refractivity contribution in [2.75, 3.05) is 5.75 Å². The molecule has 1 aromatic rings. The zero-order valence-corrected chi connectivity index (χ0v) is 9.48. The maximum atomic E-state index is 10.1. The predicted molar refractivity (Wildman–Crippen MR) is 64.2 cm³/mol. The Kier molecular flexibility index (Phi) is 2.03. The minimum atomic E-state index is -0.0684. The first-order chi connectivity index (χ1) is 7.18. The molecule has 4 heteroatoms. The highest BCUT2D eigenvalue weighted by atomic mass is 35.5. The number of aliphatic hydroxyl groups excluding tert-OH is 1. The molecule has 1 aromatic carbocycles. The molecule has 0 saturated carbocycles. The Morgan fingerprint density at radius 2 is 2.27 bits per heavy atom. The van der Waals surface area contributed by atoms with E-state index in [4.69, 9.17) is 17.3 Å². The number of fused-ring (bicyclic) bond motifs is 3. The van der Waals surface area contributed by atoms with Gasteiger partial charge in [-0.2, -0.15) is 0 Å². The molecule has 2 nitrogen and oxygen atoms in total. The Bertz CT molecular complexity index is 472. The quantitative estimate of drug-likeness (QED) is 0.732. The van der Waals surface area contributed by atoms with Crippen molar-refractivity contribution in [3.8, 4) is 0 Å². The smallest absolute Gasteiger partial charge is 0.125 e. The Morgan fingerprint density at radius 3 is 3.07 bits per heavy atom. The van der Waals surface area contributed by atoms with Crippen molar-refractivity contribution in [3.05, 3.63) is 39.9 Å². The van der Waals surface area contributed by atoms with E-state index in [0.29, 0.717) is 10.8 Å². The summed E-state index contributed by atoms with van der Waals surface area (Å²) in [6.07, 6.45) is 0. The van der Waals surface area contributed by atoms with Gasteiger partial charge in [-0.25, -0.2) is 0 Å². The molecule has 1 saturated heterocycles. The van der Waals surface area contributed by atoms with Gasteiger partial charge in [0.1, 0.15) is 5.76 Å². The molecule has 3 rings (SSSR count). The molecule has 2 unspecified atom stereocenters. The summed E-state index contributed by atoms with van der Waals surface area (Å²) in [5.74, 6) is 1.57. The molecule has 0 radical (unpaired) electrons. The number of hydrogen-bond donors (Lipinski definition) is 2. The highest BCUT2D eigenvalue weighted by Crippen LogP contribution is 2.50. The fourth-order valence-electron chi connectivity index (χ4n) is 2.33. The summed E-state index contributed by atoms with van der Waals surface area (Å²) >= 11 is 7.64. The number of aliphatic hydroxyl groups is 1. The number of rotatable bonds is 0. The molecule has 2 atom stereocenters. The minimum absolute atomic E-state index is 0.0684. The molecule has 78 valence electrons. The first-order valence-electron chi connectivity index (χ1n) is 4.78. The lowest BCUT2D eigenvalue weighted by atomic mass is 9.98. The van der Waals surface area contributed by atoms with E-state index in [1.807, 2.05) is 12.1 Å². The van der Waals surface area contributed by atoms with Crippen LogP contribution in [0, 0.1) is 0 Å². The fourth-order valence-corrected chi connectivity index (χ4v) is 3.72. The summed E-state index contributed by atoms with van der Waals surface area (Å²) in [5, 5.41) is 10.7. The Hall–Kier alpha value is -0.640. The number of nitrogens with two attached hydrogens (primary N) is 1. The lowest BCUT2D eigenvalue weighted by molar-refractivity contribution is 0.507. The van der Waals surface area contributed by atoms with Crippen molar-refractivity contribution < 1.29 is 5.11 Å². The van der Waals surface area contributed by atoms with Crippen molar-refractivity contribution in [1.82, 2.24) is 0 Å². The van der Waals surface area contributed by atoms with Gasteiger partial charge < -0.3 is 10.8 Å². The highest BCUT2D eigenvalue weighted by Gasteiger charge is 2.39. The molecule has 1 heterocycles. The fraction of sp³-hybridized carbons (Fsp3) is 0.273. The molecule has 3 N–H and O–H groups in total. The van der Waals surface area contributed by atoms with E-state index in [1.54, 1.807) is 17.8 Å². The molecule has 2 aliphatic rings. The van der Waals surface area contributed by atoms with Crippen LogP contribution in [0.5, 0.6) is 0 Å². The lowest BCUT2D eigenvalue weighted by Crippen LogP contribution is -2.14. The van der Waals surface area contributed by atoms with Gasteiger partial charge in [0, 0.05) is 27.8 Å².